The van der Waals surface area contributed by atoms with Crippen LogP contribution in [-0.2, 0) is 9.53 Å². The molecule has 2 heterocycles. The number of hydrogen-bond donors (Lipinski definition) is 1. The molecular weight excluding hydrogens is 332 g/mol. The first-order valence-electron chi connectivity index (χ1n) is 8.59. The number of para-hydroxylation sites is 1. The van der Waals surface area contributed by atoms with Crippen LogP contribution < -0.4 is 5.32 Å². The maximum Gasteiger partial charge on any atom is 0.256 e. The number of carbonyl (C=O) groups excluding carboxylic acids is 2. The highest BCUT2D eigenvalue weighted by atomic mass is 16.5. The molecule has 0 radical (unpaired) electrons. The molecule has 2 atom stereocenters. The summed E-state index contributed by atoms with van der Waals surface area (Å²) >= 11 is 0. The third-order valence-electron chi connectivity index (χ3n) is 4.06. The molecule has 2 unspecified atom stereocenters. The van der Waals surface area contributed by atoms with Gasteiger partial charge in [-0.3, -0.25) is 9.59 Å². The van der Waals surface area contributed by atoms with Gasteiger partial charge in [-0.15, -0.1) is 0 Å². The van der Waals surface area contributed by atoms with Crippen LogP contribution in [0, 0.1) is 0 Å². The second-order valence-electron chi connectivity index (χ2n) is 6.35. The van der Waals surface area contributed by atoms with Gasteiger partial charge >= 0.3 is 0 Å². The van der Waals surface area contributed by atoms with E-state index in [2.05, 4.69) is 5.32 Å². The van der Waals surface area contributed by atoms with Crippen LogP contribution in [0.25, 0.3) is 6.08 Å². The maximum atomic E-state index is 12.9. The van der Waals surface area contributed by atoms with Crippen molar-refractivity contribution in [2.24, 2.45) is 0 Å². The summed E-state index contributed by atoms with van der Waals surface area (Å²) in [5.74, 6) is 0.143. The summed E-state index contributed by atoms with van der Waals surface area (Å²) in [5, 5.41) is 2.77. The van der Waals surface area contributed by atoms with E-state index in [0.717, 1.165) is 0 Å². The zero-order valence-electron chi connectivity index (χ0n) is 14.8. The van der Waals surface area contributed by atoms with Gasteiger partial charge in [0.2, 0.25) is 5.91 Å². The highest BCUT2D eigenvalue weighted by Gasteiger charge is 2.27. The number of ether oxygens (including phenoxy) is 1. The quantitative estimate of drug-likeness (QED) is 0.856. The SMILES string of the molecule is CC1CN(C(=O)c2ccccc2NC(=O)C=Cc2ccco2)CC(C)O1. The van der Waals surface area contributed by atoms with Crippen molar-refractivity contribution in [3.8, 4) is 0 Å². The van der Waals surface area contributed by atoms with Crippen molar-refractivity contribution in [2.45, 2.75) is 26.1 Å². The average molecular weight is 354 g/mol. The Morgan fingerprint density at radius 3 is 2.54 bits per heavy atom. The van der Waals surface area contributed by atoms with E-state index in [9.17, 15) is 9.59 Å². The summed E-state index contributed by atoms with van der Waals surface area (Å²) in [4.78, 5) is 26.9. The molecular formula is C20H22N2O4. The molecule has 1 aromatic carbocycles. The third-order valence-corrected chi connectivity index (χ3v) is 4.06. The average Bonchev–Trinajstić information content (AvgIpc) is 3.12. The number of hydrogen-bond acceptors (Lipinski definition) is 4. The first-order valence-corrected chi connectivity index (χ1v) is 8.59. The topological polar surface area (TPSA) is 71.8 Å². The van der Waals surface area contributed by atoms with Crippen LogP contribution in [0.5, 0.6) is 0 Å². The summed E-state index contributed by atoms with van der Waals surface area (Å²) in [6, 6.07) is 10.5. The molecule has 1 aliphatic heterocycles. The van der Waals surface area contributed by atoms with Gasteiger partial charge in [0.15, 0.2) is 0 Å². The number of amides is 2. The monoisotopic (exact) mass is 354 g/mol. The Hall–Kier alpha value is -2.86. The van der Waals surface area contributed by atoms with Crippen molar-refractivity contribution in [1.29, 1.82) is 0 Å². The van der Waals surface area contributed by atoms with E-state index in [0.29, 0.717) is 30.1 Å². The molecule has 1 aromatic heterocycles. The molecule has 0 bridgehead atoms. The first kappa shape index (κ1) is 17.9. The predicted octanol–water partition coefficient (Wildman–Crippen LogP) is 3.18. The van der Waals surface area contributed by atoms with Crippen molar-refractivity contribution in [3.05, 3.63) is 60.1 Å². The summed E-state index contributed by atoms with van der Waals surface area (Å²) in [5.41, 5.74) is 0.951. The summed E-state index contributed by atoms with van der Waals surface area (Å²) in [6.45, 7) is 4.96. The lowest BCUT2D eigenvalue weighted by molar-refractivity contribution is -0.111. The summed E-state index contributed by atoms with van der Waals surface area (Å²) in [6.07, 6.45) is 4.46. The number of rotatable bonds is 4. The molecule has 2 aromatic rings. The van der Waals surface area contributed by atoms with Crippen LogP contribution in [0.15, 0.2) is 53.2 Å². The largest absolute Gasteiger partial charge is 0.465 e. The number of carbonyl (C=O) groups is 2. The Morgan fingerprint density at radius 1 is 1.12 bits per heavy atom. The molecule has 6 heteroatoms. The molecule has 1 saturated heterocycles. The molecule has 2 amide bonds. The number of nitrogens with one attached hydrogen (secondary N) is 1. The fraction of sp³-hybridized carbons (Fsp3) is 0.300. The van der Waals surface area contributed by atoms with Crippen molar-refractivity contribution in [1.82, 2.24) is 4.90 Å². The second kappa shape index (κ2) is 8.01. The Kier molecular flexibility index (Phi) is 5.53. The molecule has 26 heavy (non-hydrogen) atoms. The molecule has 1 N–H and O–H groups in total. The van der Waals surface area contributed by atoms with Gasteiger partial charge in [-0.25, -0.2) is 0 Å². The fourth-order valence-electron chi connectivity index (χ4n) is 3.01. The highest BCUT2D eigenvalue weighted by Crippen LogP contribution is 2.20. The van der Waals surface area contributed by atoms with E-state index in [4.69, 9.17) is 9.15 Å². The Labute approximate surface area is 152 Å². The number of benzene rings is 1. The normalized spacial score (nSPS) is 20.3. The van der Waals surface area contributed by atoms with E-state index in [1.54, 1.807) is 47.4 Å². The van der Waals surface area contributed by atoms with Crippen LogP contribution in [-0.4, -0.2) is 42.0 Å². The fourth-order valence-corrected chi connectivity index (χ4v) is 3.01. The van der Waals surface area contributed by atoms with Gasteiger partial charge in [0.25, 0.3) is 5.91 Å². The van der Waals surface area contributed by atoms with Gasteiger partial charge in [0.05, 0.1) is 29.7 Å². The van der Waals surface area contributed by atoms with E-state index in [1.807, 2.05) is 13.8 Å². The van der Waals surface area contributed by atoms with Gasteiger partial charge in [0, 0.05) is 19.2 Å². The minimum absolute atomic E-state index is 0.0133. The number of anilines is 1. The summed E-state index contributed by atoms with van der Waals surface area (Å²) in [7, 11) is 0. The second-order valence-corrected chi connectivity index (χ2v) is 6.35. The van der Waals surface area contributed by atoms with Gasteiger partial charge in [0.1, 0.15) is 5.76 Å². The van der Waals surface area contributed by atoms with Gasteiger partial charge in [-0.1, -0.05) is 12.1 Å². The van der Waals surface area contributed by atoms with E-state index in [-0.39, 0.29) is 24.0 Å². The number of nitrogens with zero attached hydrogens (tertiary/aromatic N) is 1. The zero-order valence-corrected chi connectivity index (χ0v) is 14.8. The van der Waals surface area contributed by atoms with Crippen LogP contribution in [0.1, 0.15) is 30.0 Å². The van der Waals surface area contributed by atoms with Crippen molar-refractivity contribution in [3.63, 3.8) is 0 Å². The van der Waals surface area contributed by atoms with Gasteiger partial charge in [-0.05, 0) is 44.2 Å². The molecule has 1 aliphatic rings. The van der Waals surface area contributed by atoms with Crippen molar-refractivity contribution < 1.29 is 18.7 Å². The van der Waals surface area contributed by atoms with E-state index in [1.165, 1.54) is 12.3 Å². The smallest absolute Gasteiger partial charge is 0.256 e. The Morgan fingerprint density at radius 2 is 1.85 bits per heavy atom. The molecule has 0 aliphatic carbocycles. The lowest BCUT2D eigenvalue weighted by atomic mass is 10.1. The first-order chi connectivity index (χ1) is 12.5. The van der Waals surface area contributed by atoms with Crippen molar-refractivity contribution >= 4 is 23.6 Å². The molecule has 0 saturated carbocycles. The maximum absolute atomic E-state index is 12.9. The van der Waals surface area contributed by atoms with E-state index < -0.39 is 0 Å². The standard InChI is InChI=1S/C20H22N2O4/c1-14-12-22(13-15(2)26-14)20(24)17-7-3-4-8-18(17)21-19(23)10-9-16-6-5-11-25-16/h3-11,14-15H,12-13H2,1-2H3,(H,21,23). The zero-order chi connectivity index (χ0) is 18.5. The molecule has 3 rings (SSSR count). The van der Waals surface area contributed by atoms with Gasteiger partial charge in [-0.2, -0.15) is 0 Å². The van der Waals surface area contributed by atoms with Crippen LogP contribution >= 0.6 is 0 Å². The predicted molar refractivity (Wildman–Crippen MR) is 98.7 cm³/mol. The lowest BCUT2D eigenvalue weighted by Crippen LogP contribution is -2.48. The van der Waals surface area contributed by atoms with Crippen LogP contribution in [0.4, 0.5) is 5.69 Å². The Bertz CT molecular complexity index is 788. The minimum Gasteiger partial charge on any atom is -0.465 e. The summed E-state index contributed by atoms with van der Waals surface area (Å²) < 4.78 is 10.8. The van der Waals surface area contributed by atoms with E-state index >= 15 is 0 Å². The molecule has 1 fully saturated rings. The molecule has 136 valence electrons. The third kappa shape index (κ3) is 4.40. The van der Waals surface area contributed by atoms with Gasteiger partial charge < -0.3 is 19.4 Å². The highest BCUT2D eigenvalue weighted by molar-refractivity contribution is 6.07. The van der Waals surface area contributed by atoms with Crippen LogP contribution in [0.3, 0.4) is 0 Å². The molecule has 6 nitrogen and oxygen atoms in total. The van der Waals surface area contributed by atoms with Crippen molar-refractivity contribution in [2.75, 3.05) is 18.4 Å². The number of morpholine rings is 1. The van der Waals surface area contributed by atoms with Crippen LogP contribution in [0.2, 0.25) is 0 Å². The number of furan rings is 1. The molecule has 0 spiro atoms. The lowest BCUT2D eigenvalue weighted by Gasteiger charge is -2.35. The minimum atomic E-state index is -0.328. The Balaban J connectivity index is 1.73.